The third-order valence-electron chi connectivity index (χ3n) is 5.32. The highest BCUT2D eigenvalue weighted by Gasteiger charge is 2.56. The van der Waals surface area contributed by atoms with Gasteiger partial charge in [0.25, 0.3) is 0 Å². The molecule has 0 aromatic heterocycles. The molecule has 2 fully saturated rings. The summed E-state index contributed by atoms with van der Waals surface area (Å²) in [5, 5.41) is 9.68. The Balaban J connectivity index is 2.38. The first-order chi connectivity index (χ1) is 9.55. The molecule has 1 heterocycles. The molecule has 110 valence electrons. The van der Waals surface area contributed by atoms with E-state index in [2.05, 4.69) is 6.07 Å². The van der Waals surface area contributed by atoms with Crippen molar-refractivity contribution in [3.8, 4) is 6.07 Å². The van der Waals surface area contributed by atoms with Crippen molar-refractivity contribution in [2.75, 3.05) is 0 Å². The van der Waals surface area contributed by atoms with Gasteiger partial charge in [-0.15, -0.1) is 0 Å². The second-order valence-corrected chi connectivity index (χ2v) is 6.26. The summed E-state index contributed by atoms with van der Waals surface area (Å²) in [6.45, 7) is 3.93. The van der Waals surface area contributed by atoms with E-state index in [1.165, 1.54) is 4.90 Å². The minimum absolute atomic E-state index is 0.101. The Morgan fingerprint density at radius 3 is 2.05 bits per heavy atom. The van der Waals surface area contributed by atoms with E-state index in [9.17, 15) is 14.9 Å². The molecule has 4 heteroatoms. The SMILES string of the molecule is CCC1(CC)CC(=O)N(C2(C#N)CCCCCC2)C1=O. The maximum atomic E-state index is 12.8. The normalized spacial score (nSPS) is 25.4. The van der Waals surface area contributed by atoms with Crippen LogP contribution in [-0.2, 0) is 9.59 Å². The van der Waals surface area contributed by atoms with Crippen LogP contribution < -0.4 is 0 Å². The van der Waals surface area contributed by atoms with Gasteiger partial charge in [-0.1, -0.05) is 39.5 Å². The molecule has 0 aromatic carbocycles. The van der Waals surface area contributed by atoms with Crippen LogP contribution in [-0.4, -0.2) is 22.3 Å². The number of imide groups is 1. The van der Waals surface area contributed by atoms with Crippen molar-refractivity contribution in [1.29, 1.82) is 5.26 Å². The van der Waals surface area contributed by atoms with Crippen molar-refractivity contribution in [3.05, 3.63) is 0 Å². The molecular weight excluding hydrogens is 252 g/mol. The van der Waals surface area contributed by atoms with E-state index in [0.29, 0.717) is 25.7 Å². The minimum atomic E-state index is -0.878. The number of amides is 2. The Hall–Kier alpha value is -1.37. The molecule has 0 atom stereocenters. The summed E-state index contributed by atoms with van der Waals surface area (Å²) in [5.74, 6) is -0.238. The van der Waals surface area contributed by atoms with Crippen LogP contribution in [0.15, 0.2) is 0 Å². The predicted molar refractivity (Wildman–Crippen MR) is 75.5 cm³/mol. The highest BCUT2D eigenvalue weighted by molar-refractivity contribution is 6.07. The third kappa shape index (κ3) is 2.13. The zero-order valence-electron chi connectivity index (χ0n) is 12.6. The van der Waals surface area contributed by atoms with Crippen molar-refractivity contribution in [2.24, 2.45) is 5.41 Å². The molecule has 0 N–H and O–H groups in total. The van der Waals surface area contributed by atoms with Gasteiger partial charge in [0.1, 0.15) is 5.54 Å². The summed E-state index contributed by atoms with van der Waals surface area (Å²) < 4.78 is 0. The number of likely N-dealkylation sites (tertiary alicyclic amines) is 1. The Labute approximate surface area is 121 Å². The molecule has 4 nitrogen and oxygen atoms in total. The molecule has 0 aromatic rings. The Morgan fingerprint density at radius 2 is 1.65 bits per heavy atom. The number of carbonyl (C=O) groups is 2. The smallest absolute Gasteiger partial charge is 0.237 e. The molecule has 2 rings (SSSR count). The van der Waals surface area contributed by atoms with E-state index in [-0.39, 0.29) is 18.2 Å². The summed E-state index contributed by atoms with van der Waals surface area (Å²) in [7, 11) is 0. The summed E-state index contributed by atoms with van der Waals surface area (Å²) in [6.07, 6.45) is 6.94. The maximum absolute atomic E-state index is 12.8. The average molecular weight is 276 g/mol. The number of nitrogens with zero attached hydrogens (tertiary/aromatic N) is 2. The zero-order valence-corrected chi connectivity index (χ0v) is 12.6. The van der Waals surface area contributed by atoms with Crippen molar-refractivity contribution in [1.82, 2.24) is 4.90 Å². The Bertz CT molecular complexity index is 438. The molecule has 0 spiro atoms. The average Bonchev–Trinajstić information content (AvgIpc) is 2.63. The van der Waals surface area contributed by atoms with Crippen LogP contribution in [0.25, 0.3) is 0 Å². The second kappa shape index (κ2) is 5.55. The van der Waals surface area contributed by atoms with E-state index in [1.807, 2.05) is 13.8 Å². The van der Waals surface area contributed by atoms with Crippen LogP contribution in [0.5, 0.6) is 0 Å². The fourth-order valence-corrected chi connectivity index (χ4v) is 3.73. The maximum Gasteiger partial charge on any atom is 0.237 e. The van der Waals surface area contributed by atoms with E-state index >= 15 is 0 Å². The lowest BCUT2D eigenvalue weighted by molar-refractivity contribution is -0.147. The summed E-state index contributed by atoms with van der Waals surface area (Å²) >= 11 is 0. The van der Waals surface area contributed by atoms with Gasteiger partial charge in [-0.2, -0.15) is 5.26 Å². The predicted octanol–water partition coefficient (Wildman–Crippen LogP) is 3.17. The fraction of sp³-hybridized carbons (Fsp3) is 0.812. The minimum Gasteiger partial charge on any atom is -0.274 e. The Kier molecular flexibility index (Phi) is 4.17. The van der Waals surface area contributed by atoms with E-state index in [0.717, 1.165) is 25.7 Å². The number of hydrogen-bond acceptors (Lipinski definition) is 3. The molecule has 0 bridgehead atoms. The van der Waals surface area contributed by atoms with Crippen molar-refractivity contribution in [2.45, 2.75) is 77.2 Å². The highest BCUT2D eigenvalue weighted by atomic mass is 16.2. The molecule has 1 saturated heterocycles. The van der Waals surface area contributed by atoms with Crippen molar-refractivity contribution in [3.63, 3.8) is 0 Å². The van der Waals surface area contributed by atoms with Gasteiger partial charge in [-0.25, -0.2) is 0 Å². The summed E-state index contributed by atoms with van der Waals surface area (Å²) in [5.41, 5.74) is -1.44. The van der Waals surface area contributed by atoms with E-state index < -0.39 is 11.0 Å². The van der Waals surface area contributed by atoms with Crippen LogP contribution in [0.4, 0.5) is 0 Å². The Morgan fingerprint density at radius 1 is 1.10 bits per heavy atom. The quantitative estimate of drug-likeness (QED) is 0.587. The van der Waals surface area contributed by atoms with Crippen LogP contribution in [0.2, 0.25) is 0 Å². The molecule has 1 saturated carbocycles. The van der Waals surface area contributed by atoms with Gasteiger partial charge in [-0.05, 0) is 25.7 Å². The van der Waals surface area contributed by atoms with Crippen LogP contribution >= 0.6 is 0 Å². The molecule has 1 aliphatic heterocycles. The summed E-state index contributed by atoms with van der Waals surface area (Å²) in [6, 6.07) is 2.33. The van der Waals surface area contributed by atoms with Gasteiger partial charge in [0.2, 0.25) is 11.8 Å². The van der Waals surface area contributed by atoms with Gasteiger partial charge in [0.05, 0.1) is 11.5 Å². The molecule has 2 amide bonds. The van der Waals surface area contributed by atoms with Gasteiger partial charge >= 0.3 is 0 Å². The van der Waals surface area contributed by atoms with Gasteiger partial charge in [0, 0.05) is 6.42 Å². The van der Waals surface area contributed by atoms with E-state index in [4.69, 9.17) is 0 Å². The lowest BCUT2D eigenvalue weighted by Crippen LogP contribution is -2.52. The lowest BCUT2D eigenvalue weighted by atomic mass is 9.80. The molecular formula is C16H24N2O2. The van der Waals surface area contributed by atoms with E-state index in [1.54, 1.807) is 0 Å². The first kappa shape index (κ1) is 15.0. The molecule has 0 radical (unpaired) electrons. The topological polar surface area (TPSA) is 61.2 Å². The highest BCUT2D eigenvalue weighted by Crippen LogP contribution is 2.45. The van der Waals surface area contributed by atoms with Crippen LogP contribution in [0, 0.1) is 16.7 Å². The molecule has 1 aliphatic carbocycles. The molecule has 0 unspecified atom stereocenters. The fourth-order valence-electron chi connectivity index (χ4n) is 3.73. The van der Waals surface area contributed by atoms with Crippen molar-refractivity contribution >= 4 is 11.8 Å². The first-order valence-electron chi connectivity index (χ1n) is 7.84. The van der Waals surface area contributed by atoms with Crippen LogP contribution in [0.3, 0.4) is 0 Å². The number of nitriles is 1. The second-order valence-electron chi connectivity index (χ2n) is 6.26. The third-order valence-corrected chi connectivity index (χ3v) is 5.32. The van der Waals surface area contributed by atoms with Gasteiger partial charge in [0.15, 0.2) is 0 Å². The standard InChI is InChI=1S/C16H24N2O2/c1-3-15(4-2)11-13(19)18(14(15)20)16(12-17)9-7-5-6-8-10-16/h3-11H2,1-2H3. The number of carbonyl (C=O) groups excluding carboxylic acids is 2. The zero-order chi connectivity index (χ0) is 14.8. The van der Waals surface area contributed by atoms with Crippen LogP contribution in [0.1, 0.15) is 71.6 Å². The first-order valence-corrected chi connectivity index (χ1v) is 7.84. The molecule has 2 aliphatic rings. The lowest BCUT2D eigenvalue weighted by Gasteiger charge is -2.35. The monoisotopic (exact) mass is 276 g/mol. The molecule has 20 heavy (non-hydrogen) atoms. The van der Waals surface area contributed by atoms with Gasteiger partial charge < -0.3 is 0 Å². The number of rotatable bonds is 3. The largest absolute Gasteiger partial charge is 0.274 e. The summed E-state index contributed by atoms with van der Waals surface area (Å²) in [4.78, 5) is 26.6. The van der Waals surface area contributed by atoms with Crippen molar-refractivity contribution < 1.29 is 9.59 Å². The number of hydrogen-bond donors (Lipinski definition) is 0. The van der Waals surface area contributed by atoms with Gasteiger partial charge in [-0.3, -0.25) is 14.5 Å².